The van der Waals surface area contributed by atoms with Crippen molar-refractivity contribution in [2.24, 2.45) is 0 Å². The summed E-state index contributed by atoms with van der Waals surface area (Å²) in [6.07, 6.45) is 6.96. The van der Waals surface area contributed by atoms with Crippen molar-refractivity contribution in [2.75, 3.05) is 20.2 Å². The van der Waals surface area contributed by atoms with E-state index in [0.717, 1.165) is 5.56 Å². The van der Waals surface area contributed by atoms with Crippen LogP contribution in [0.4, 0.5) is 0 Å². The Morgan fingerprint density at radius 3 is 2.57 bits per heavy atom. The number of rotatable bonds is 4. The molecule has 1 aromatic rings. The van der Waals surface area contributed by atoms with Gasteiger partial charge in [0.15, 0.2) is 5.11 Å². The molecule has 5 heteroatoms. The summed E-state index contributed by atoms with van der Waals surface area (Å²) in [6, 6.07) is 7.38. The molecule has 0 N–H and O–H groups in total. The lowest BCUT2D eigenvalue weighted by Crippen LogP contribution is -2.30. The van der Waals surface area contributed by atoms with Crippen molar-refractivity contribution in [3.05, 3.63) is 35.5 Å². The maximum atomic E-state index is 12.3. The number of hydrogen-bond donors (Lipinski definition) is 0. The fraction of sp³-hybridized carbons (Fsp3) is 0.250. The van der Waals surface area contributed by atoms with Gasteiger partial charge in [0.1, 0.15) is 18.1 Å². The Morgan fingerprint density at radius 1 is 1.38 bits per heavy atom. The smallest absolute Gasteiger partial charge is 0.276 e. The van der Waals surface area contributed by atoms with Crippen LogP contribution < -0.4 is 4.74 Å². The second kappa shape index (κ2) is 6.42. The van der Waals surface area contributed by atoms with E-state index in [0.29, 0.717) is 23.1 Å². The summed E-state index contributed by atoms with van der Waals surface area (Å²) < 4.78 is 5.31. The van der Waals surface area contributed by atoms with Gasteiger partial charge in [-0.3, -0.25) is 9.69 Å². The number of benzene rings is 1. The Morgan fingerprint density at radius 2 is 2.05 bits per heavy atom. The van der Waals surface area contributed by atoms with Gasteiger partial charge in [-0.15, -0.1) is 6.42 Å². The predicted octanol–water partition coefficient (Wildman–Crippen LogP) is 2.12. The van der Waals surface area contributed by atoms with Crippen molar-refractivity contribution in [1.29, 1.82) is 0 Å². The number of nitrogens with zero attached hydrogens (tertiary/aromatic N) is 2. The molecule has 0 aromatic heterocycles. The summed E-state index contributed by atoms with van der Waals surface area (Å²) in [7, 11) is 1.80. The Kier molecular flexibility index (Phi) is 4.61. The highest BCUT2D eigenvalue weighted by atomic mass is 32.1. The number of carbonyl (C=O) groups excluding carboxylic acids is 1. The largest absolute Gasteiger partial charge is 0.481 e. The first kappa shape index (κ1) is 15.1. The molecule has 1 fully saturated rings. The van der Waals surface area contributed by atoms with Crippen LogP contribution in [0, 0.1) is 12.3 Å². The molecule has 1 amide bonds. The molecule has 1 aromatic carbocycles. The van der Waals surface area contributed by atoms with E-state index in [4.69, 9.17) is 23.4 Å². The number of thiocarbonyl (C=S) groups is 1. The molecule has 1 heterocycles. The molecular weight excluding hydrogens is 284 g/mol. The molecule has 0 unspecified atom stereocenters. The third kappa shape index (κ3) is 3.06. The number of terminal acetylenes is 1. The SMILES string of the molecule is C#CCOc1ccc(/C=C2\C(=O)N(CC)C(=S)N2C)cc1. The minimum Gasteiger partial charge on any atom is -0.481 e. The van der Waals surface area contributed by atoms with E-state index < -0.39 is 0 Å². The van der Waals surface area contributed by atoms with Crippen LogP contribution in [0.5, 0.6) is 5.75 Å². The zero-order valence-electron chi connectivity index (χ0n) is 12.0. The summed E-state index contributed by atoms with van der Waals surface area (Å²) in [5.41, 5.74) is 1.47. The van der Waals surface area contributed by atoms with Crippen molar-refractivity contribution < 1.29 is 9.53 Å². The van der Waals surface area contributed by atoms with Gasteiger partial charge in [0.25, 0.3) is 5.91 Å². The first-order valence-electron chi connectivity index (χ1n) is 6.56. The van der Waals surface area contributed by atoms with Gasteiger partial charge in [-0.1, -0.05) is 18.1 Å². The molecule has 0 bridgehead atoms. The van der Waals surface area contributed by atoms with Crippen LogP contribution in [0.3, 0.4) is 0 Å². The summed E-state index contributed by atoms with van der Waals surface area (Å²) in [6.45, 7) is 2.71. The normalized spacial score (nSPS) is 16.5. The number of carbonyl (C=O) groups is 1. The number of ether oxygens (including phenoxy) is 1. The van der Waals surface area contributed by atoms with Gasteiger partial charge in [0.05, 0.1) is 0 Å². The molecular formula is C16H16N2O2S. The van der Waals surface area contributed by atoms with Crippen LogP contribution in [0.1, 0.15) is 12.5 Å². The Bertz CT molecular complexity index is 629. The van der Waals surface area contributed by atoms with Crippen molar-refractivity contribution in [1.82, 2.24) is 9.80 Å². The van der Waals surface area contributed by atoms with Crippen LogP contribution >= 0.6 is 12.2 Å². The van der Waals surface area contributed by atoms with Crippen molar-refractivity contribution >= 4 is 29.3 Å². The van der Waals surface area contributed by atoms with Crippen molar-refractivity contribution in [2.45, 2.75) is 6.92 Å². The van der Waals surface area contributed by atoms with E-state index in [1.54, 1.807) is 16.8 Å². The van der Waals surface area contributed by atoms with Crippen LogP contribution in [0.2, 0.25) is 0 Å². The van der Waals surface area contributed by atoms with E-state index in [9.17, 15) is 4.79 Å². The highest BCUT2D eigenvalue weighted by Crippen LogP contribution is 2.22. The summed E-state index contributed by atoms with van der Waals surface area (Å²) in [5, 5.41) is 0.530. The molecule has 1 aliphatic heterocycles. The molecule has 108 valence electrons. The Balaban J connectivity index is 2.21. The molecule has 1 aliphatic rings. The molecule has 0 saturated carbocycles. The number of hydrogen-bond acceptors (Lipinski definition) is 3. The molecule has 0 aliphatic carbocycles. The van der Waals surface area contributed by atoms with E-state index >= 15 is 0 Å². The summed E-state index contributed by atoms with van der Waals surface area (Å²) in [4.78, 5) is 15.6. The molecule has 0 spiro atoms. The quantitative estimate of drug-likeness (QED) is 0.484. The monoisotopic (exact) mass is 300 g/mol. The first-order chi connectivity index (χ1) is 10.1. The first-order valence-corrected chi connectivity index (χ1v) is 6.97. The standard InChI is InChI=1S/C16H16N2O2S/c1-4-10-20-13-8-6-12(7-9-13)11-14-15(19)18(5-2)16(21)17(14)3/h1,6-9,11H,5,10H2,2-3H3/b14-11+. The number of amides is 1. The third-order valence-electron chi connectivity index (χ3n) is 3.17. The van der Waals surface area contributed by atoms with Gasteiger partial charge >= 0.3 is 0 Å². The van der Waals surface area contributed by atoms with Crippen LogP contribution in [0.15, 0.2) is 30.0 Å². The maximum absolute atomic E-state index is 12.3. The highest BCUT2D eigenvalue weighted by Gasteiger charge is 2.34. The van der Waals surface area contributed by atoms with Crippen LogP contribution in [-0.2, 0) is 4.79 Å². The van der Waals surface area contributed by atoms with Crippen molar-refractivity contribution in [3.63, 3.8) is 0 Å². The minimum absolute atomic E-state index is 0.0716. The lowest BCUT2D eigenvalue weighted by molar-refractivity contribution is -0.122. The van der Waals surface area contributed by atoms with Gasteiger partial charge in [-0.25, -0.2) is 0 Å². The average molecular weight is 300 g/mol. The Hall–Kier alpha value is -2.32. The van der Waals surface area contributed by atoms with Gasteiger partial charge in [-0.05, 0) is 42.9 Å². The molecule has 4 nitrogen and oxygen atoms in total. The zero-order valence-corrected chi connectivity index (χ0v) is 12.8. The Labute approximate surface area is 130 Å². The van der Waals surface area contributed by atoms with Gasteiger partial charge in [-0.2, -0.15) is 0 Å². The fourth-order valence-electron chi connectivity index (χ4n) is 2.03. The predicted molar refractivity (Wildman–Crippen MR) is 86.5 cm³/mol. The van der Waals surface area contributed by atoms with E-state index in [1.165, 1.54) is 0 Å². The van der Waals surface area contributed by atoms with Crippen molar-refractivity contribution in [3.8, 4) is 18.1 Å². The average Bonchev–Trinajstić information content (AvgIpc) is 2.70. The zero-order chi connectivity index (χ0) is 15.4. The summed E-state index contributed by atoms with van der Waals surface area (Å²) >= 11 is 5.25. The van der Waals surface area contributed by atoms with E-state index in [2.05, 4.69) is 5.92 Å². The fourth-order valence-corrected chi connectivity index (χ4v) is 2.34. The third-order valence-corrected chi connectivity index (χ3v) is 3.66. The molecule has 2 rings (SSSR count). The minimum atomic E-state index is -0.0716. The lowest BCUT2D eigenvalue weighted by atomic mass is 10.2. The van der Waals surface area contributed by atoms with Gasteiger partial charge in [0, 0.05) is 13.6 Å². The van der Waals surface area contributed by atoms with E-state index in [1.807, 2.05) is 37.3 Å². The topological polar surface area (TPSA) is 32.8 Å². The van der Waals surface area contributed by atoms with Gasteiger partial charge in [0.2, 0.25) is 0 Å². The highest BCUT2D eigenvalue weighted by molar-refractivity contribution is 7.80. The second-order valence-electron chi connectivity index (χ2n) is 4.48. The second-order valence-corrected chi connectivity index (χ2v) is 4.85. The van der Waals surface area contributed by atoms with Crippen LogP contribution in [0.25, 0.3) is 6.08 Å². The van der Waals surface area contributed by atoms with Gasteiger partial charge < -0.3 is 9.64 Å². The molecule has 0 radical (unpaired) electrons. The lowest BCUT2D eigenvalue weighted by Gasteiger charge is -2.13. The summed E-state index contributed by atoms with van der Waals surface area (Å²) in [5.74, 6) is 3.04. The van der Waals surface area contributed by atoms with Crippen LogP contribution in [-0.4, -0.2) is 41.0 Å². The number of likely N-dealkylation sites (N-methyl/N-ethyl adjacent to an activating group) is 2. The van der Waals surface area contributed by atoms with E-state index in [-0.39, 0.29) is 12.5 Å². The molecule has 1 saturated heterocycles. The molecule has 21 heavy (non-hydrogen) atoms. The molecule has 0 atom stereocenters. The maximum Gasteiger partial charge on any atom is 0.276 e.